The molecule has 1 rings (SSSR count). The molecule has 6 nitrogen and oxygen atoms in total. The minimum Gasteiger partial charge on any atom is -0.464 e. The number of allylic oxidation sites excluding steroid dienone is 6. The number of carbonyl (C=O) groups is 2. The van der Waals surface area contributed by atoms with E-state index in [4.69, 9.17) is 14.2 Å². The highest BCUT2D eigenvalue weighted by molar-refractivity contribution is 5.81. The summed E-state index contributed by atoms with van der Waals surface area (Å²) in [6.45, 7) is 9.08. The lowest BCUT2D eigenvalue weighted by molar-refractivity contribution is -0.146. The van der Waals surface area contributed by atoms with Crippen LogP contribution in [0.4, 0.5) is 4.79 Å². The second-order valence-corrected chi connectivity index (χ2v) is 11.3. The van der Waals surface area contributed by atoms with E-state index < -0.39 is 23.7 Å². The number of hydrogen-bond acceptors (Lipinski definition) is 5. The first-order valence-electron chi connectivity index (χ1n) is 15.5. The van der Waals surface area contributed by atoms with Gasteiger partial charge >= 0.3 is 12.1 Å². The summed E-state index contributed by atoms with van der Waals surface area (Å²) < 4.78 is 16.5. The number of hydrogen-bond donors (Lipinski definition) is 1. The molecule has 0 aliphatic heterocycles. The van der Waals surface area contributed by atoms with Crippen molar-refractivity contribution >= 4 is 12.1 Å². The molecule has 0 heterocycles. The van der Waals surface area contributed by atoms with Gasteiger partial charge in [0.2, 0.25) is 0 Å². The summed E-state index contributed by atoms with van der Waals surface area (Å²) in [4.78, 5) is 25.0. The molecule has 0 aliphatic carbocycles. The van der Waals surface area contributed by atoms with Crippen LogP contribution in [-0.4, -0.2) is 43.5 Å². The summed E-state index contributed by atoms with van der Waals surface area (Å²) in [5.41, 5.74) is 0.277. The second-order valence-electron chi connectivity index (χ2n) is 11.3. The largest absolute Gasteiger partial charge is 0.464 e. The lowest BCUT2D eigenvalue weighted by Crippen LogP contribution is -2.45. The van der Waals surface area contributed by atoms with Crippen molar-refractivity contribution in [3.05, 3.63) is 72.4 Å². The molecule has 1 aromatic rings. The second kappa shape index (κ2) is 23.8. The average Bonchev–Trinajstić information content (AvgIpc) is 2.93. The highest BCUT2D eigenvalue weighted by Gasteiger charge is 2.25. The summed E-state index contributed by atoms with van der Waals surface area (Å²) in [7, 11) is 0. The van der Waals surface area contributed by atoms with E-state index in [1.54, 1.807) is 20.8 Å². The van der Waals surface area contributed by atoms with E-state index in [9.17, 15) is 9.59 Å². The molecule has 41 heavy (non-hydrogen) atoms. The van der Waals surface area contributed by atoms with Crippen molar-refractivity contribution in [2.75, 3.05) is 19.8 Å². The van der Waals surface area contributed by atoms with Crippen LogP contribution in [0.5, 0.6) is 0 Å². The minimum atomic E-state index is -0.819. The minimum absolute atomic E-state index is 0.245. The zero-order valence-electron chi connectivity index (χ0n) is 26.1. The van der Waals surface area contributed by atoms with Crippen LogP contribution >= 0.6 is 0 Å². The fraction of sp³-hybridized carbons (Fsp3) is 0.600. The van der Waals surface area contributed by atoms with Crippen molar-refractivity contribution in [3.8, 4) is 0 Å². The number of ether oxygens (including phenoxy) is 3. The molecule has 0 saturated carbocycles. The van der Waals surface area contributed by atoms with Crippen molar-refractivity contribution in [3.63, 3.8) is 0 Å². The third-order valence-electron chi connectivity index (χ3n) is 6.11. The fourth-order valence-corrected chi connectivity index (χ4v) is 3.96. The number of amides is 1. The monoisotopic (exact) mass is 569 g/mol. The summed E-state index contributed by atoms with van der Waals surface area (Å²) in [5, 5.41) is 2.66. The molecule has 1 atom stereocenters. The molecule has 1 aromatic carbocycles. The van der Waals surface area contributed by atoms with Crippen LogP contribution in [0.1, 0.15) is 104 Å². The third kappa shape index (κ3) is 22.5. The zero-order valence-corrected chi connectivity index (χ0v) is 26.1. The first-order chi connectivity index (χ1) is 19.8. The van der Waals surface area contributed by atoms with E-state index in [0.29, 0.717) is 26.1 Å². The highest BCUT2D eigenvalue weighted by Crippen LogP contribution is 2.10. The van der Waals surface area contributed by atoms with E-state index in [2.05, 4.69) is 48.7 Å². The molecular formula is C35H55NO5. The van der Waals surface area contributed by atoms with Gasteiger partial charge in [0.1, 0.15) is 11.6 Å². The normalized spacial score (nSPS) is 12.8. The molecule has 1 N–H and O–H groups in total. The number of benzene rings is 1. The molecule has 0 aromatic heterocycles. The standard InChI is InChI=1S/C35H55NO5/c1-5-6-7-8-9-10-11-12-13-14-15-16-17-18-19-23-27-39-28-24-29-40-33(37)32(30-31-25-21-20-22-26-31)36-34(38)41-35(2,3)4/h9-10,12-13,15-16,20-22,25-26,32H,5-8,11,14,17-19,23-24,27-30H2,1-4H3,(H,36,38)/b10-9-,13-12-,16-15-. The Morgan fingerprint density at radius 3 is 2.02 bits per heavy atom. The number of nitrogens with one attached hydrogen (secondary N) is 1. The molecule has 0 fully saturated rings. The van der Waals surface area contributed by atoms with Crippen molar-refractivity contribution in [1.82, 2.24) is 5.32 Å². The van der Waals surface area contributed by atoms with Gasteiger partial charge < -0.3 is 19.5 Å². The summed E-state index contributed by atoms with van der Waals surface area (Å²) in [5.74, 6) is -0.474. The van der Waals surface area contributed by atoms with Gasteiger partial charge in [-0.15, -0.1) is 0 Å². The van der Waals surface area contributed by atoms with E-state index in [0.717, 1.165) is 44.1 Å². The van der Waals surface area contributed by atoms with Crippen LogP contribution in [0.2, 0.25) is 0 Å². The van der Waals surface area contributed by atoms with E-state index in [1.165, 1.54) is 25.7 Å². The van der Waals surface area contributed by atoms with Crippen molar-refractivity contribution in [2.24, 2.45) is 0 Å². The molecule has 6 heteroatoms. The summed E-state index contributed by atoms with van der Waals surface area (Å²) in [6.07, 6.45) is 25.4. The van der Waals surface area contributed by atoms with E-state index >= 15 is 0 Å². The maximum atomic E-state index is 12.7. The van der Waals surface area contributed by atoms with Gasteiger partial charge in [0, 0.05) is 26.1 Å². The maximum Gasteiger partial charge on any atom is 0.408 e. The van der Waals surface area contributed by atoms with Crippen LogP contribution in [0.25, 0.3) is 0 Å². The van der Waals surface area contributed by atoms with Gasteiger partial charge in [0.15, 0.2) is 0 Å². The molecule has 0 spiro atoms. The number of alkyl carbamates (subject to hydrolysis) is 1. The van der Waals surface area contributed by atoms with Gasteiger partial charge in [-0.25, -0.2) is 9.59 Å². The van der Waals surface area contributed by atoms with Crippen LogP contribution in [-0.2, 0) is 25.4 Å². The number of esters is 1. The van der Waals surface area contributed by atoms with Crippen LogP contribution in [0.3, 0.4) is 0 Å². The molecular weight excluding hydrogens is 514 g/mol. The van der Waals surface area contributed by atoms with Crippen LogP contribution in [0, 0.1) is 0 Å². The number of rotatable bonds is 22. The number of unbranched alkanes of at least 4 members (excludes halogenated alkanes) is 6. The van der Waals surface area contributed by atoms with Crippen molar-refractivity contribution in [2.45, 2.75) is 116 Å². The van der Waals surface area contributed by atoms with Crippen molar-refractivity contribution < 1.29 is 23.8 Å². The Morgan fingerprint density at radius 1 is 0.780 bits per heavy atom. The van der Waals surface area contributed by atoms with Gasteiger partial charge in [-0.1, -0.05) is 93.0 Å². The summed E-state index contributed by atoms with van der Waals surface area (Å²) in [6, 6.07) is 8.71. The van der Waals surface area contributed by atoms with Crippen LogP contribution in [0.15, 0.2) is 66.8 Å². The van der Waals surface area contributed by atoms with Gasteiger partial charge in [-0.2, -0.15) is 0 Å². The Hall–Kier alpha value is -2.86. The smallest absolute Gasteiger partial charge is 0.408 e. The Morgan fingerprint density at radius 2 is 1.39 bits per heavy atom. The molecule has 1 amide bonds. The molecule has 0 saturated heterocycles. The van der Waals surface area contributed by atoms with Gasteiger partial charge in [-0.05, 0) is 71.3 Å². The molecule has 0 radical (unpaired) electrons. The molecule has 0 bridgehead atoms. The molecule has 1 unspecified atom stereocenters. The Labute approximate surface area is 249 Å². The first kappa shape index (κ1) is 36.2. The third-order valence-corrected chi connectivity index (χ3v) is 6.11. The van der Waals surface area contributed by atoms with Gasteiger partial charge in [0.25, 0.3) is 0 Å². The highest BCUT2D eigenvalue weighted by atomic mass is 16.6. The maximum absolute atomic E-state index is 12.7. The quantitative estimate of drug-likeness (QED) is 0.0859. The SMILES string of the molecule is CCCCC/C=C\C/C=C\C/C=C\CCCCCOCCCOC(=O)C(Cc1ccccc1)NC(=O)OC(C)(C)C. The Kier molecular flexibility index (Phi) is 21.0. The average molecular weight is 570 g/mol. The lowest BCUT2D eigenvalue weighted by Gasteiger charge is -2.23. The predicted octanol–water partition coefficient (Wildman–Crippen LogP) is 8.66. The van der Waals surface area contributed by atoms with Gasteiger partial charge in [0.05, 0.1) is 6.61 Å². The first-order valence-corrected chi connectivity index (χ1v) is 15.5. The predicted molar refractivity (Wildman–Crippen MR) is 169 cm³/mol. The lowest BCUT2D eigenvalue weighted by atomic mass is 10.1. The van der Waals surface area contributed by atoms with Crippen molar-refractivity contribution in [1.29, 1.82) is 0 Å². The van der Waals surface area contributed by atoms with Gasteiger partial charge in [-0.3, -0.25) is 0 Å². The zero-order chi connectivity index (χ0) is 30.0. The van der Waals surface area contributed by atoms with Crippen LogP contribution < -0.4 is 5.32 Å². The molecule has 0 aliphatic rings. The Balaban J connectivity index is 2.11. The topological polar surface area (TPSA) is 73.9 Å². The number of carbonyl (C=O) groups excluding carboxylic acids is 2. The van der Waals surface area contributed by atoms with E-state index in [-0.39, 0.29) is 6.61 Å². The van der Waals surface area contributed by atoms with E-state index in [1.807, 2.05) is 30.3 Å². The summed E-state index contributed by atoms with van der Waals surface area (Å²) >= 11 is 0. The fourth-order valence-electron chi connectivity index (χ4n) is 3.96. The Bertz CT molecular complexity index is 886. The molecule has 230 valence electrons.